The molecule has 0 spiro atoms. The van der Waals surface area contributed by atoms with Gasteiger partial charge in [0.05, 0.1) is 23.0 Å². The van der Waals surface area contributed by atoms with Crippen LogP contribution in [0.3, 0.4) is 0 Å². The summed E-state index contributed by atoms with van der Waals surface area (Å²) in [5.74, 6) is 1.13. The summed E-state index contributed by atoms with van der Waals surface area (Å²) >= 11 is 22.5. The predicted octanol–water partition coefficient (Wildman–Crippen LogP) is 8.11. The third-order valence-electron chi connectivity index (χ3n) is 5.21. The van der Waals surface area contributed by atoms with Crippen LogP contribution in [0.1, 0.15) is 11.1 Å². The van der Waals surface area contributed by atoms with Gasteiger partial charge in [0.25, 0.3) is 11.1 Å². The number of methoxy groups -OCH3 is 1. The molecule has 0 unspecified atom stereocenters. The molecule has 1 aliphatic heterocycles. The summed E-state index contributed by atoms with van der Waals surface area (Å²) < 4.78 is 17.7. The van der Waals surface area contributed by atoms with E-state index >= 15 is 0 Å². The number of imide groups is 1. The van der Waals surface area contributed by atoms with Gasteiger partial charge >= 0.3 is 0 Å². The molecule has 0 bridgehead atoms. The van der Waals surface area contributed by atoms with E-state index in [1.807, 2.05) is 0 Å². The van der Waals surface area contributed by atoms with Gasteiger partial charge in [0.2, 0.25) is 0 Å². The molecule has 1 fully saturated rings. The van der Waals surface area contributed by atoms with Crippen molar-refractivity contribution in [3.63, 3.8) is 0 Å². The minimum atomic E-state index is -0.387. The van der Waals surface area contributed by atoms with Crippen LogP contribution in [0.25, 0.3) is 6.08 Å². The van der Waals surface area contributed by atoms with Crippen molar-refractivity contribution in [1.29, 1.82) is 0 Å². The summed E-state index contributed by atoms with van der Waals surface area (Å²) in [5.41, 5.74) is 1.42. The molecule has 6 nitrogen and oxygen atoms in total. The number of rotatable bonds is 9. The van der Waals surface area contributed by atoms with E-state index < -0.39 is 0 Å². The number of carbonyl (C=O) groups excluding carboxylic acids is 2. The Morgan fingerprint density at radius 3 is 2.41 bits per heavy atom. The van der Waals surface area contributed by atoms with E-state index in [4.69, 9.17) is 49.0 Å². The maximum Gasteiger partial charge on any atom is 0.293 e. The molecule has 11 heteroatoms. The standard InChI is InChI=1S/C26H19BrCl3NO5S/c1-34-22-11-15(10-20(27)24(22)36-14-16-2-3-18(29)13-21(16)30)12-23-25(32)31(26(33)37-23)8-9-35-19-6-4-17(28)5-7-19/h2-7,10-13H,8-9,14H2,1H3/b23-12-. The normalized spacial score (nSPS) is 14.4. The number of ether oxygens (including phenoxy) is 3. The van der Waals surface area contributed by atoms with Crippen molar-refractivity contribution in [3.8, 4) is 17.2 Å². The quantitative estimate of drug-likeness (QED) is 0.220. The summed E-state index contributed by atoms with van der Waals surface area (Å²) in [6.45, 7) is 0.481. The molecule has 1 heterocycles. The van der Waals surface area contributed by atoms with Gasteiger partial charge in [0.1, 0.15) is 19.0 Å². The van der Waals surface area contributed by atoms with Crippen LogP contribution in [-0.4, -0.2) is 36.3 Å². The SMILES string of the molecule is COc1cc(/C=C2\SC(=O)N(CCOc3ccc(Cl)cc3)C2=O)cc(Br)c1OCc1ccc(Cl)cc1Cl. The molecule has 2 amide bonds. The number of hydrogen-bond donors (Lipinski definition) is 0. The Kier molecular flexibility index (Phi) is 9.31. The molecule has 4 rings (SSSR count). The van der Waals surface area contributed by atoms with E-state index in [0.717, 1.165) is 22.2 Å². The van der Waals surface area contributed by atoms with Gasteiger partial charge in [-0.1, -0.05) is 40.9 Å². The van der Waals surface area contributed by atoms with Crippen molar-refractivity contribution in [2.24, 2.45) is 0 Å². The first-order valence-corrected chi connectivity index (χ1v) is 13.6. The third-order valence-corrected chi connectivity index (χ3v) is 7.54. The summed E-state index contributed by atoms with van der Waals surface area (Å²) in [6, 6.07) is 15.5. The van der Waals surface area contributed by atoms with Crippen LogP contribution in [0.2, 0.25) is 15.1 Å². The van der Waals surface area contributed by atoms with E-state index in [9.17, 15) is 9.59 Å². The van der Waals surface area contributed by atoms with Gasteiger partial charge in [-0.15, -0.1) is 0 Å². The molecule has 0 N–H and O–H groups in total. The fourth-order valence-electron chi connectivity index (χ4n) is 3.38. The second kappa shape index (κ2) is 12.5. The topological polar surface area (TPSA) is 65.1 Å². The predicted molar refractivity (Wildman–Crippen MR) is 151 cm³/mol. The highest BCUT2D eigenvalue weighted by molar-refractivity contribution is 9.10. The average Bonchev–Trinajstić information content (AvgIpc) is 3.12. The van der Waals surface area contributed by atoms with Gasteiger partial charge in [-0.25, -0.2) is 0 Å². The molecule has 0 radical (unpaired) electrons. The number of carbonyl (C=O) groups is 2. The molecule has 37 heavy (non-hydrogen) atoms. The number of nitrogens with zero attached hydrogens (tertiary/aromatic N) is 1. The van der Waals surface area contributed by atoms with Crippen LogP contribution in [0.5, 0.6) is 17.2 Å². The maximum absolute atomic E-state index is 12.9. The molecular formula is C26H19BrCl3NO5S. The summed E-state index contributed by atoms with van der Waals surface area (Å²) in [4.78, 5) is 26.8. The molecule has 1 saturated heterocycles. The number of halogens is 4. The molecule has 0 saturated carbocycles. The van der Waals surface area contributed by atoms with E-state index in [2.05, 4.69) is 15.9 Å². The monoisotopic (exact) mass is 641 g/mol. The fraction of sp³-hybridized carbons (Fsp3) is 0.154. The van der Waals surface area contributed by atoms with Gasteiger partial charge < -0.3 is 14.2 Å². The first kappa shape index (κ1) is 27.7. The summed E-state index contributed by atoms with van der Waals surface area (Å²) in [5, 5.41) is 1.27. The van der Waals surface area contributed by atoms with Crippen molar-refractivity contribution in [3.05, 3.63) is 90.2 Å². The lowest BCUT2D eigenvalue weighted by Gasteiger charge is -2.14. The van der Waals surface area contributed by atoms with Gasteiger partial charge in [-0.2, -0.15) is 0 Å². The van der Waals surface area contributed by atoms with Crippen LogP contribution < -0.4 is 14.2 Å². The Morgan fingerprint density at radius 2 is 1.70 bits per heavy atom. The Morgan fingerprint density at radius 1 is 0.973 bits per heavy atom. The highest BCUT2D eigenvalue weighted by atomic mass is 79.9. The Balaban J connectivity index is 1.44. The van der Waals surface area contributed by atoms with E-state index in [-0.39, 0.29) is 30.9 Å². The summed E-state index contributed by atoms with van der Waals surface area (Å²) in [7, 11) is 1.52. The number of hydrogen-bond acceptors (Lipinski definition) is 6. The Labute approximate surface area is 241 Å². The van der Waals surface area contributed by atoms with Gasteiger partial charge in [-0.05, 0) is 87.9 Å². The lowest BCUT2D eigenvalue weighted by atomic mass is 10.1. The second-order valence-electron chi connectivity index (χ2n) is 7.69. The zero-order valence-corrected chi connectivity index (χ0v) is 24.0. The van der Waals surface area contributed by atoms with Crippen LogP contribution >= 0.6 is 62.5 Å². The van der Waals surface area contributed by atoms with Crippen molar-refractivity contribution < 1.29 is 23.8 Å². The van der Waals surface area contributed by atoms with Crippen LogP contribution in [-0.2, 0) is 11.4 Å². The van der Waals surface area contributed by atoms with Crippen LogP contribution in [0.15, 0.2) is 64.0 Å². The van der Waals surface area contributed by atoms with Crippen LogP contribution in [0, 0.1) is 0 Å². The molecule has 3 aromatic carbocycles. The molecular weight excluding hydrogens is 625 g/mol. The highest BCUT2D eigenvalue weighted by Crippen LogP contribution is 2.40. The first-order chi connectivity index (χ1) is 17.7. The molecule has 3 aromatic rings. The van der Waals surface area contributed by atoms with Crippen molar-refractivity contribution in [2.75, 3.05) is 20.3 Å². The van der Waals surface area contributed by atoms with Crippen molar-refractivity contribution in [2.45, 2.75) is 6.61 Å². The minimum absolute atomic E-state index is 0.123. The summed E-state index contributed by atoms with van der Waals surface area (Å²) in [6.07, 6.45) is 1.64. The largest absolute Gasteiger partial charge is 0.493 e. The number of thioether (sulfide) groups is 1. The molecule has 0 aliphatic carbocycles. The lowest BCUT2D eigenvalue weighted by Crippen LogP contribution is -2.32. The smallest absolute Gasteiger partial charge is 0.293 e. The average molecular weight is 644 g/mol. The fourth-order valence-corrected chi connectivity index (χ4v) is 5.41. The van der Waals surface area contributed by atoms with E-state index in [1.165, 1.54) is 7.11 Å². The molecule has 192 valence electrons. The van der Waals surface area contributed by atoms with Crippen molar-refractivity contribution in [1.82, 2.24) is 4.90 Å². The maximum atomic E-state index is 12.9. The second-order valence-corrected chi connectivity index (χ2v) is 10.8. The van der Waals surface area contributed by atoms with Crippen molar-refractivity contribution >= 4 is 79.7 Å². The van der Waals surface area contributed by atoms with E-state index in [0.29, 0.717) is 47.3 Å². The van der Waals surface area contributed by atoms with Gasteiger partial charge in [0, 0.05) is 20.6 Å². The number of amides is 2. The zero-order chi connectivity index (χ0) is 26.5. The minimum Gasteiger partial charge on any atom is -0.493 e. The van der Waals surface area contributed by atoms with Gasteiger partial charge in [-0.3, -0.25) is 14.5 Å². The van der Waals surface area contributed by atoms with Crippen LogP contribution in [0.4, 0.5) is 4.79 Å². The Bertz CT molecular complexity index is 1370. The van der Waals surface area contributed by atoms with Gasteiger partial charge in [0.15, 0.2) is 11.5 Å². The molecule has 0 aromatic heterocycles. The molecule has 0 atom stereocenters. The molecule has 1 aliphatic rings. The lowest BCUT2D eigenvalue weighted by molar-refractivity contribution is -0.123. The van der Waals surface area contributed by atoms with E-state index in [1.54, 1.807) is 60.7 Å². The zero-order valence-electron chi connectivity index (χ0n) is 19.3. The Hall–Kier alpha value is -2.36. The third kappa shape index (κ3) is 6.94. The highest BCUT2D eigenvalue weighted by Gasteiger charge is 2.35. The number of benzene rings is 3. The first-order valence-electron chi connectivity index (χ1n) is 10.8.